The Morgan fingerprint density at radius 2 is 1.94 bits per heavy atom. The van der Waals surface area contributed by atoms with Crippen LogP contribution < -0.4 is 10.1 Å². The fraction of sp³-hybridized carbons (Fsp3) is 0.348. The number of nitrogens with one attached hydrogen (secondary N) is 1. The van der Waals surface area contributed by atoms with Gasteiger partial charge in [-0.2, -0.15) is 0 Å². The Bertz CT molecular complexity index is 1110. The molecule has 0 spiro atoms. The summed E-state index contributed by atoms with van der Waals surface area (Å²) in [5.74, 6) is -1.82. The lowest BCUT2D eigenvalue weighted by Crippen LogP contribution is -2.45. The predicted octanol–water partition coefficient (Wildman–Crippen LogP) is 4.01. The van der Waals surface area contributed by atoms with Crippen molar-refractivity contribution in [2.45, 2.75) is 25.3 Å². The first kappa shape index (κ1) is 22.4. The number of rotatable bonds is 6. The van der Waals surface area contributed by atoms with E-state index < -0.39 is 22.6 Å². The lowest BCUT2D eigenvalue weighted by atomic mass is 10.0. The normalized spacial score (nSPS) is 15.1. The number of carbonyl (C=O) groups is 1. The summed E-state index contributed by atoms with van der Waals surface area (Å²) in [6.45, 7) is 2.48. The summed E-state index contributed by atoms with van der Waals surface area (Å²) in [5.41, 5.74) is 2.71. The number of carbonyl (C=O) groups excluding carboxylic acids is 1. The first-order valence-corrected chi connectivity index (χ1v) is 10.8. The molecule has 1 amide bonds. The van der Waals surface area contributed by atoms with Gasteiger partial charge in [-0.1, -0.05) is 11.6 Å². The highest BCUT2D eigenvalue weighted by Crippen LogP contribution is 2.22. The summed E-state index contributed by atoms with van der Waals surface area (Å²) in [4.78, 5) is 23.6. The summed E-state index contributed by atoms with van der Waals surface area (Å²) in [6.07, 6.45) is 4.12. The summed E-state index contributed by atoms with van der Waals surface area (Å²) in [6, 6.07) is 7.54. The Labute approximate surface area is 189 Å². The van der Waals surface area contributed by atoms with Crippen LogP contribution in [0.5, 0.6) is 5.88 Å². The minimum Gasteiger partial charge on any atom is -0.481 e. The second-order valence-electron chi connectivity index (χ2n) is 7.78. The number of hydrogen-bond acceptors (Lipinski definition) is 5. The summed E-state index contributed by atoms with van der Waals surface area (Å²) in [7, 11) is 1.59. The average Bonchev–Trinajstić information content (AvgIpc) is 2.81. The number of amides is 1. The average molecular weight is 461 g/mol. The Kier molecular flexibility index (Phi) is 6.81. The second kappa shape index (κ2) is 9.75. The molecule has 2 aromatic heterocycles. The highest BCUT2D eigenvalue weighted by atomic mass is 35.5. The standard InChI is InChI=1S/C23H23ClF2N4O2/c1-32-20-3-2-19-22(29-20)14(4-8-27-19)5-9-30-10-6-16(7-11-30)28-23(31)15-12-17(25)21(24)18(26)13-15/h2-4,8,12-13,16H,5-7,9-11H2,1H3,(H,28,31). The highest BCUT2D eigenvalue weighted by Gasteiger charge is 2.22. The van der Waals surface area contributed by atoms with Crippen LogP contribution in [0, 0.1) is 11.6 Å². The molecule has 1 N–H and O–H groups in total. The van der Waals surface area contributed by atoms with Crippen LogP contribution in [0.4, 0.5) is 8.78 Å². The molecule has 3 aromatic rings. The molecular formula is C23H23ClF2N4O2. The van der Waals surface area contributed by atoms with E-state index in [4.69, 9.17) is 16.3 Å². The van der Waals surface area contributed by atoms with E-state index >= 15 is 0 Å². The number of aromatic nitrogens is 2. The molecule has 0 bridgehead atoms. The summed E-state index contributed by atoms with van der Waals surface area (Å²) in [5, 5.41) is 2.26. The van der Waals surface area contributed by atoms with Crippen molar-refractivity contribution in [3.8, 4) is 5.88 Å². The van der Waals surface area contributed by atoms with Crippen LogP contribution in [-0.2, 0) is 6.42 Å². The smallest absolute Gasteiger partial charge is 0.251 e. The topological polar surface area (TPSA) is 67.3 Å². The van der Waals surface area contributed by atoms with Crippen molar-refractivity contribution < 1.29 is 18.3 Å². The fourth-order valence-corrected chi connectivity index (χ4v) is 4.02. The van der Waals surface area contributed by atoms with Crippen molar-refractivity contribution in [3.05, 3.63) is 64.3 Å². The molecule has 4 rings (SSSR count). The van der Waals surface area contributed by atoms with Crippen LogP contribution >= 0.6 is 11.6 Å². The first-order valence-electron chi connectivity index (χ1n) is 10.4. The van der Waals surface area contributed by atoms with Gasteiger partial charge in [-0.15, -0.1) is 0 Å². The number of hydrogen-bond donors (Lipinski definition) is 1. The highest BCUT2D eigenvalue weighted by molar-refractivity contribution is 6.31. The quantitative estimate of drug-likeness (QED) is 0.563. The van der Waals surface area contributed by atoms with Crippen LogP contribution in [0.25, 0.3) is 11.0 Å². The molecule has 1 saturated heterocycles. The Hall–Kier alpha value is -2.84. The lowest BCUT2D eigenvalue weighted by molar-refractivity contribution is 0.0910. The fourth-order valence-electron chi connectivity index (χ4n) is 3.91. The van der Waals surface area contributed by atoms with Gasteiger partial charge in [0.1, 0.15) is 16.7 Å². The zero-order chi connectivity index (χ0) is 22.7. The number of fused-ring (bicyclic) bond motifs is 1. The number of methoxy groups -OCH3 is 1. The lowest BCUT2D eigenvalue weighted by Gasteiger charge is -2.32. The van der Waals surface area contributed by atoms with E-state index in [0.717, 1.165) is 67.6 Å². The number of piperidine rings is 1. The van der Waals surface area contributed by atoms with Gasteiger partial charge in [0.05, 0.1) is 18.1 Å². The third-order valence-corrected chi connectivity index (χ3v) is 6.08. The van der Waals surface area contributed by atoms with Gasteiger partial charge in [0.25, 0.3) is 5.91 Å². The van der Waals surface area contributed by atoms with E-state index in [1.54, 1.807) is 19.4 Å². The second-order valence-corrected chi connectivity index (χ2v) is 8.16. The molecule has 0 radical (unpaired) electrons. The molecule has 0 unspecified atom stereocenters. The van der Waals surface area contributed by atoms with Crippen molar-refractivity contribution in [1.82, 2.24) is 20.2 Å². The van der Waals surface area contributed by atoms with Crippen molar-refractivity contribution in [2.75, 3.05) is 26.7 Å². The summed E-state index contributed by atoms with van der Waals surface area (Å²) < 4.78 is 32.5. The molecule has 1 fully saturated rings. The molecule has 0 aliphatic carbocycles. The minimum atomic E-state index is -0.942. The van der Waals surface area contributed by atoms with E-state index in [9.17, 15) is 13.6 Å². The molecule has 9 heteroatoms. The van der Waals surface area contributed by atoms with Gasteiger partial charge in [-0.05, 0) is 49.1 Å². The molecule has 1 aliphatic heterocycles. The molecule has 1 aliphatic rings. The number of pyridine rings is 2. The van der Waals surface area contributed by atoms with Gasteiger partial charge in [-0.3, -0.25) is 9.78 Å². The maximum absolute atomic E-state index is 13.6. The van der Waals surface area contributed by atoms with Crippen LogP contribution in [0.1, 0.15) is 28.8 Å². The van der Waals surface area contributed by atoms with Crippen LogP contribution in [-0.4, -0.2) is 53.6 Å². The molecule has 3 heterocycles. The Morgan fingerprint density at radius 1 is 1.22 bits per heavy atom. The number of nitrogens with zero attached hydrogens (tertiary/aromatic N) is 3. The third kappa shape index (κ3) is 4.97. The van der Waals surface area contributed by atoms with Crippen LogP contribution in [0.15, 0.2) is 36.5 Å². The van der Waals surface area contributed by atoms with E-state index in [-0.39, 0.29) is 11.6 Å². The van der Waals surface area contributed by atoms with Gasteiger partial charge in [0.15, 0.2) is 0 Å². The number of likely N-dealkylation sites (tertiary alicyclic amines) is 1. The van der Waals surface area contributed by atoms with Gasteiger partial charge in [0.2, 0.25) is 5.88 Å². The predicted molar refractivity (Wildman–Crippen MR) is 118 cm³/mol. The van der Waals surface area contributed by atoms with Crippen molar-refractivity contribution in [1.29, 1.82) is 0 Å². The van der Waals surface area contributed by atoms with Crippen LogP contribution in [0.3, 0.4) is 0 Å². The van der Waals surface area contributed by atoms with E-state index in [2.05, 4.69) is 20.2 Å². The molecule has 32 heavy (non-hydrogen) atoms. The number of ether oxygens (including phenoxy) is 1. The van der Waals surface area contributed by atoms with Gasteiger partial charge < -0.3 is 15.0 Å². The molecule has 168 valence electrons. The Morgan fingerprint density at radius 3 is 2.62 bits per heavy atom. The molecule has 6 nitrogen and oxygen atoms in total. The van der Waals surface area contributed by atoms with E-state index in [0.29, 0.717) is 5.88 Å². The van der Waals surface area contributed by atoms with Crippen molar-refractivity contribution >= 4 is 28.5 Å². The SMILES string of the molecule is COc1ccc2nccc(CCN3CCC(NC(=O)c4cc(F)c(Cl)c(F)c4)CC3)c2n1. The zero-order valence-corrected chi connectivity index (χ0v) is 18.3. The van der Waals surface area contributed by atoms with E-state index in [1.165, 1.54) is 0 Å². The van der Waals surface area contributed by atoms with Crippen molar-refractivity contribution in [3.63, 3.8) is 0 Å². The van der Waals surface area contributed by atoms with Gasteiger partial charge >= 0.3 is 0 Å². The first-order chi connectivity index (χ1) is 15.4. The number of benzene rings is 1. The third-order valence-electron chi connectivity index (χ3n) is 5.72. The van der Waals surface area contributed by atoms with Crippen LogP contribution in [0.2, 0.25) is 5.02 Å². The summed E-state index contributed by atoms with van der Waals surface area (Å²) >= 11 is 5.48. The monoisotopic (exact) mass is 460 g/mol. The largest absolute Gasteiger partial charge is 0.481 e. The van der Waals surface area contributed by atoms with Gasteiger partial charge in [0, 0.05) is 43.5 Å². The van der Waals surface area contributed by atoms with Gasteiger partial charge in [-0.25, -0.2) is 13.8 Å². The number of halogens is 3. The van der Waals surface area contributed by atoms with Crippen molar-refractivity contribution in [2.24, 2.45) is 0 Å². The Balaban J connectivity index is 1.31. The zero-order valence-electron chi connectivity index (χ0n) is 17.6. The van der Waals surface area contributed by atoms with E-state index in [1.807, 2.05) is 12.1 Å². The molecule has 0 atom stereocenters. The molecule has 0 saturated carbocycles. The molecule has 1 aromatic carbocycles. The maximum Gasteiger partial charge on any atom is 0.251 e. The maximum atomic E-state index is 13.6. The molecular weight excluding hydrogens is 438 g/mol. The minimum absolute atomic E-state index is 0.0479.